The van der Waals surface area contributed by atoms with Crippen LogP contribution in [0.15, 0.2) is 51.9 Å². The molecule has 1 N–H and O–H groups in total. The third-order valence-electron chi connectivity index (χ3n) is 3.65. The predicted molar refractivity (Wildman–Crippen MR) is 88.5 cm³/mol. The summed E-state index contributed by atoms with van der Waals surface area (Å²) in [5.74, 6) is 1.33. The summed E-state index contributed by atoms with van der Waals surface area (Å²) in [4.78, 5) is 22.2. The standard InChI is InChI=1S/C16H15N7O2/c1-22(8-12-7-14(24)23-16(19-12)17-10-18-23)9-13-20-21-15(25-13)11-5-3-2-4-6-11/h2-7,10H,8-9H2,1H3,(H,17,18,19). The van der Waals surface area contributed by atoms with Gasteiger partial charge in [-0.2, -0.15) is 4.52 Å². The van der Waals surface area contributed by atoms with E-state index in [-0.39, 0.29) is 5.56 Å². The highest BCUT2D eigenvalue weighted by atomic mass is 16.4. The molecule has 4 rings (SSSR count). The summed E-state index contributed by atoms with van der Waals surface area (Å²) in [5, 5.41) is 10.8. The summed E-state index contributed by atoms with van der Waals surface area (Å²) in [7, 11) is 1.89. The van der Waals surface area contributed by atoms with Crippen molar-refractivity contribution < 1.29 is 4.42 Å². The van der Waals surface area contributed by atoms with E-state index in [1.165, 1.54) is 16.9 Å². The molecule has 25 heavy (non-hydrogen) atoms. The highest BCUT2D eigenvalue weighted by molar-refractivity contribution is 5.51. The lowest BCUT2D eigenvalue weighted by Gasteiger charge is -2.13. The Kier molecular flexibility index (Phi) is 3.82. The van der Waals surface area contributed by atoms with Crippen molar-refractivity contribution in [3.63, 3.8) is 0 Å². The number of benzene rings is 1. The summed E-state index contributed by atoms with van der Waals surface area (Å²) in [6.45, 7) is 0.906. The van der Waals surface area contributed by atoms with Crippen molar-refractivity contribution >= 4 is 5.78 Å². The van der Waals surface area contributed by atoms with Crippen molar-refractivity contribution in [1.29, 1.82) is 0 Å². The molecule has 126 valence electrons. The Morgan fingerprint density at radius 1 is 1.20 bits per heavy atom. The quantitative estimate of drug-likeness (QED) is 0.581. The number of H-pyrrole nitrogens is 1. The molecule has 1 aromatic carbocycles. The topological polar surface area (TPSA) is 105 Å². The second-order valence-electron chi connectivity index (χ2n) is 5.65. The van der Waals surface area contributed by atoms with Gasteiger partial charge in [-0.1, -0.05) is 18.2 Å². The molecule has 0 atom stereocenters. The van der Waals surface area contributed by atoms with E-state index >= 15 is 0 Å². The van der Waals surface area contributed by atoms with E-state index < -0.39 is 0 Å². The Hall–Kier alpha value is -3.33. The number of hydrogen-bond acceptors (Lipinski definition) is 7. The minimum Gasteiger partial charge on any atom is -0.419 e. The van der Waals surface area contributed by atoms with E-state index in [9.17, 15) is 4.79 Å². The summed E-state index contributed by atoms with van der Waals surface area (Å²) >= 11 is 0. The van der Waals surface area contributed by atoms with Crippen LogP contribution in [0.2, 0.25) is 0 Å². The van der Waals surface area contributed by atoms with Crippen LogP contribution in [0.1, 0.15) is 11.6 Å². The normalized spacial score (nSPS) is 11.4. The lowest BCUT2D eigenvalue weighted by molar-refractivity contribution is 0.280. The maximum absolute atomic E-state index is 12.0. The fourth-order valence-electron chi connectivity index (χ4n) is 2.53. The minimum absolute atomic E-state index is 0.199. The monoisotopic (exact) mass is 337 g/mol. The largest absolute Gasteiger partial charge is 0.419 e. The first-order valence-electron chi connectivity index (χ1n) is 7.67. The average Bonchev–Trinajstić information content (AvgIpc) is 3.25. The van der Waals surface area contributed by atoms with Crippen LogP contribution in [0.5, 0.6) is 0 Å². The molecule has 0 radical (unpaired) electrons. The van der Waals surface area contributed by atoms with E-state index in [1.54, 1.807) is 0 Å². The number of nitrogens with zero attached hydrogens (tertiary/aromatic N) is 6. The van der Waals surface area contributed by atoms with E-state index in [1.807, 2.05) is 42.3 Å². The summed E-state index contributed by atoms with van der Waals surface area (Å²) < 4.78 is 6.98. The maximum Gasteiger partial charge on any atom is 0.274 e. The van der Waals surface area contributed by atoms with Gasteiger partial charge in [0.15, 0.2) is 0 Å². The van der Waals surface area contributed by atoms with Gasteiger partial charge in [0.1, 0.15) is 6.33 Å². The zero-order valence-corrected chi connectivity index (χ0v) is 13.5. The van der Waals surface area contributed by atoms with Gasteiger partial charge in [0.25, 0.3) is 11.3 Å². The van der Waals surface area contributed by atoms with Gasteiger partial charge in [0.2, 0.25) is 11.8 Å². The van der Waals surface area contributed by atoms with Crippen molar-refractivity contribution in [3.05, 3.63) is 64.7 Å². The fourth-order valence-corrected chi connectivity index (χ4v) is 2.53. The number of rotatable bonds is 5. The predicted octanol–water partition coefficient (Wildman–Crippen LogP) is 1.10. The SMILES string of the molecule is CN(Cc1cc(=O)n2[nH]cnc2n1)Cc1nnc(-c2ccccc2)o1. The lowest BCUT2D eigenvalue weighted by Crippen LogP contribution is -2.22. The molecule has 0 amide bonds. The number of aromatic nitrogens is 6. The third kappa shape index (κ3) is 3.17. The number of aromatic amines is 1. The van der Waals surface area contributed by atoms with Crippen LogP contribution < -0.4 is 5.56 Å². The molecule has 3 heterocycles. The smallest absolute Gasteiger partial charge is 0.274 e. The Morgan fingerprint density at radius 2 is 2.04 bits per heavy atom. The van der Waals surface area contributed by atoms with E-state index in [0.717, 1.165) is 5.56 Å². The van der Waals surface area contributed by atoms with E-state index in [2.05, 4.69) is 25.3 Å². The number of hydrogen-bond donors (Lipinski definition) is 1. The van der Waals surface area contributed by atoms with Gasteiger partial charge in [-0.05, 0) is 19.2 Å². The van der Waals surface area contributed by atoms with Crippen molar-refractivity contribution in [2.24, 2.45) is 0 Å². The highest BCUT2D eigenvalue weighted by Crippen LogP contribution is 2.17. The first-order chi connectivity index (χ1) is 12.2. The maximum atomic E-state index is 12.0. The van der Waals surface area contributed by atoms with Crippen molar-refractivity contribution in [3.8, 4) is 11.5 Å². The molecular weight excluding hydrogens is 322 g/mol. The molecule has 9 heteroatoms. The van der Waals surface area contributed by atoms with Gasteiger partial charge in [0, 0.05) is 18.2 Å². The van der Waals surface area contributed by atoms with Crippen LogP contribution in [0.4, 0.5) is 0 Å². The highest BCUT2D eigenvalue weighted by Gasteiger charge is 2.12. The van der Waals surface area contributed by atoms with Crippen LogP contribution in [0.25, 0.3) is 17.2 Å². The third-order valence-corrected chi connectivity index (χ3v) is 3.65. The molecule has 0 saturated heterocycles. The van der Waals surface area contributed by atoms with Crippen molar-refractivity contribution in [1.82, 2.24) is 34.7 Å². The van der Waals surface area contributed by atoms with Crippen LogP contribution >= 0.6 is 0 Å². The van der Waals surface area contributed by atoms with Gasteiger partial charge in [-0.15, -0.1) is 10.2 Å². The summed E-state index contributed by atoms with van der Waals surface area (Å²) in [6.07, 6.45) is 1.43. The molecule has 0 saturated carbocycles. The average molecular weight is 337 g/mol. The second-order valence-corrected chi connectivity index (χ2v) is 5.65. The second kappa shape index (κ2) is 6.29. The first-order valence-corrected chi connectivity index (χ1v) is 7.67. The molecule has 0 aliphatic heterocycles. The molecule has 3 aromatic heterocycles. The van der Waals surface area contributed by atoms with Gasteiger partial charge in [0.05, 0.1) is 12.2 Å². The molecule has 0 spiro atoms. The molecule has 0 aliphatic rings. The van der Waals surface area contributed by atoms with E-state index in [0.29, 0.717) is 36.3 Å². The molecule has 0 aliphatic carbocycles. The Balaban J connectivity index is 1.47. The Labute approximate surface area is 142 Å². The Bertz CT molecular complexity index is 1050. The zero-order chi connectivity index (χ0) is 17.2. The van der Waals surface area contributed by atoms with Gasteiger partial charge in [-0.3, -0.25) is 14.8 Å². The molecule has 9 nitrogen and oxygen atoms in total. The van der Waals surface area contributed by atoms with Crippen LogP contribution in [-0.2, 0) is 13.1 Å². The Morgan fingerprint density at radius 3 is 2.88 bits per heavy atom. The van der Waals surface area contributed by atoms with Crippen LogP contribution in [-0.4, -0.2) is 41.7 Å². The summed E-state index contributed by atoms with van der Waals surface area (Å²) in [6, 6.07) is 11.1. The lowest BCUT2D eigenvalue weighted by atomic mass is 10.2. The van der Waals surface area contributed by atoms with Crippen molar-refractivity contribution in [2.45, 2.75) is 13.1 Å². The fraction of sp³-hybridized carbons (Fsp3) is 0.188. The van der Waals surface area contributed by atoms with Gasteiger partial charge < -0.3 is 4.42 Å². The summed E-state index contributed by atoms with van der Waals surface area (Å²) in [5.41, 5.74) is 1.31. The zero-order valence-electron chi connectivity index (χ0n) is 13.5. The van der Waals surface area contributed by atoms with Crippen LogP contribution in [0, 0.1) is 0 Å². The molecule has 0 bridgehead atoms. The number of fused-ring (bicyclic) bond motifs is 1. The molecule has 4 aromatic rings. The van der Waals surface area contributed by atoms with Crippen LogP contribution in [0.3, 0.4) is 0 Å². The molecule has 0 unspecified atom stereocenters. The van der Waals surface area contributed by atoms with Gasteiger partial charge >= 0.3 is 0 Å². The molecule has 0 fully saturated rings. The van der Waals surface area contributed by atoms with E-state index in [4.69, 9.17) is 4.42 Å². The van der Waals surface area contributed by atoms with Gasteiger partial charge in [-0.25, -0.2) is 9.97 Å². The number of nitrogens with one attached hydrogen (secondary N) is 1. The first kappa shape index (κ1) is 15.2. The molecular formula is C16H15N7O2. The minimum atomic E-state index is -0.199. The van der Waals surface area contributed by atoms with Crippen molar-refractivity contribution in [2.75, 3.05) is 7.05 Å².